The number of ether oxygens (including phenoxy) is 1. The first-order chi connectivity index (χ1) is 17.7. The van der Waals surface area contributed by atoms with Crippen LogP contribution in [0, 0.1) is 6.92 Å². The summed E-state index contributed by atoms with van der Waals surface area (Å²) in [5.41, 5.74) is 4.96. The van der Waals surface area contributed by atoms with Gasteiger partial charge in [0.05, 0.1) is 33.1 Å². The van der Waals surface area contributed by atoms with Crippen molar-refractivity contribution in [1.29, 1.82) is 0 Å². The Balaban J connectivity index is 2.07. The second-order valence-corrected chi connectivity index (χ2v) is 11.3. The summed E-state index contributed by atoms with van der Waals surface area (Å²) in [6, 6.07) is 10.0. The van der Waals surface area contributed by atoms with Gasteiger partial charge in [0.1, 0.15) is 5.75 Å². The number of aromatic nitrogens is 1. The number of nitrogens with zero attached hydrogens (tertiary/aromatic N) is 2. The Kier molecular flexibility index (Phi) is 11.0. The molecule has 0 bridgehead atoms. The summed E-state index contributed by atoms with van der Waals surface area (Å²) in [4.78, 5) is 15.7. The predicted molar refractivity (Wildman–Crippen MR) is 160 cm³/mol. The number of carbonyl (C=O) groups is 1. The molecule has 0 aliphatic rings. The van der Waals surface area contributed by atoms with Gasteiger partial charge in [0.2, 0.25) is 0 Å². The standard InChI is InChI=1S/C30H41BrN2O3S/c1-6-8-9-10-11-12-16-32(4)19-22-25-24(18-23(31)28(22)34)33(5)27(26(25)30(35)36-7-2)29(37)21-15-13-14-20(3)17-21/h13-15,17-18,29,34,37H,6-12,16,19H2,1-5H3. The lowest BCUT2D eigenvalue weighted by molar-refractivity contribution is 0.0527. The maximum atomic E-state index is 13.5. The summed E-state index contributed by atoms with van der Waals surface area (Å²) in [5.74, 6) is -0.229. The second-order valence-electron chi connectivity index (χ2n) is 9.94. The van der Waals surface area contributed by atoms with Crippen molar-refractivity contribution < 1.29 is 14.6 Å². The molecular weight excluding hydrogens is 548 g/mol. The number of fused-ring (bicyclic) bond motifs is 1. The summed E-state index contributed by atoms with van der Waals surface area (Å²) in [6.45, 7) is 7.80. The lowest BCUT2D eigenvalue weighted by atomic mass is 9.99. The Bertz CT molecular complexity index is 1220. The van der Waals surface area contributed by atoms with Crippen molar-refractivity contribution >= 4 is 45.4 Å². The van der Waals surface area contributed by atoms with Crippen LogP contribution in [0.5, 0.6) is 5.75 Å². The molecular formula is C30H41BrN2O3S. The molecule has 1 heterocycles. The van der Waals surface area contributed by atoms with Gasteiger partial charge in [0.15, 0.2) is 0 Å². The number of thiol groups is 1. The summed E-state index contributed by atoms with van der Waals surface area (Å²) >= 11 is 8.55. The monoisotopic (exact) mass is 588 g/mol. The van der Waals surface area contributed by atoms with E-state index in [1.807, 2.05) is 49.7 Å². The molecule has 0 aliphatic heterocycles. The van der Waals surface area contributed by atoms with Crippen LogP contribution in [0.15, 0.2) is 34.8 Å². The van der Waals surface area contributed by atoms with Crippen molar-refractivity contribution in [2.45, 2.75) is 71.1 Å². The predicted octanol–water partition coefficient (Wildman–Crippen LogP) is 7.94. The highest BCUT2D eigenvalue weighted by Crippen LogP contribution is 2.43. The molecule has 2 aromatic carbocycles. The number of phenols is 1. The Morgan fingerprint density at radius 3 is 2.54 bits per heavy atom. The van der Waals surface area contributed by atoms with Crippen molar-refractivity contribution in [2.24, 2.45) is 7.05 Å². The fourth-order valence-corrected chi connectivity index (χ4v) is 5.96. The van der Waals surface area contributed by atoms with Crippen LogP contribution < -0.4 is 0 Å². The van der Waals surface area contributed by atoms with E-state index in [4.69, 9.17) is 17.4 Å². The summed E-state index contributed by atoms with van der Waals surface area (Å²) in [7, 11) is 4.02. The van der Waals surface area contributed by atoms with Crippen LogP contribution in [0.25, 0.3) is 10.9 Å². The van der Waals surface area contributed by atoms with Gasteiger partial charge < -0.3 is 19.3 Å². The van der Waals surface area contributed by atoms with Crippen molar-refractivity contribution in [2.75, 3.05) is 20.2 Å². The van der Waals surface area contributed by atoms with E-state index in [-0.39, 0.29) is 17.6 Å². The normalized spacial score (nSPS) is 12.4. The van der Waals surface area contributed by atoms with Gasteiger partial charge in [-0.3, -0.25) is 0 Å². The van der Waals surface area contributed by atoms with Gasteiger partial charge in [-0.25, -0.2) is 4.79 Å². The van der Waals surface area contributed by atoms with Crippen molar-refractivity contribution in [1.82, 2.24) is 9.47 Å². The minimum atomic E-state index is -0.392. The molecule has 37 heavy (non-hydrogen) atoms. The van der Waals surface area contributed by atoms with E-state index >= 15 is 0 Å². The zero-order chi connectivity index (χ0) is 27.1. The lowest BCUT2D eigenvalue weighted by Crippen LogP contribution is -2.20. The number of aromatic hydroxyl groups is 1. The molecule has 1 atom stereocenters. The first-order valence-electron chi connectivity index (χ1n) is 13.3. The van der Waals surface area contributed by atoms with Crippen LogP contribution in [0.1, 0.15) is 90.4 Å². The minimum Gasteiger partial charge on any atom is -0.506 e. The van der Waals surface area contributed by atoms with Crippen LogP contribution in [-0.4, -0.2) is 40.7 Å². The third-order valence-corrected chi connectivity index (χ3v) is 8.13. The first kappa shape index (κ1) is 29.6. The maximum absolute atomic E-state index is 13.5. The molecule has 0 saturated heterocycles. The molecule has 0 saturated carbocycles. The molecule has 0 spiro atoms. The fourth-order valence-electron chi connectivity index (χ4n) is 5.04. The van der Waals surface area contributed by atoms with Gasteiger partial charge in [-0.2, -0.15) is 12.6 Å². The van der Waals surface area contributed by atoms with Crippen molar-refractivity contribution in [3.63, 3.8) is 0 Å². The molecule has 3 rings (SSSR count). The largest absolute Gasteiger partial charge is 0.506 e. The van der Waals surface area contributed by atoms with E-state index in [1.165, 1.54) is 32.1 Å². The van der Waals surface area contributed by atoms with E-state index < -0.39 is 5.97 Å². The molecule has 5 nitrogen and oxygen atoms in total. The molecule has 1 N–H and O–H groups in total. The Morgan fingerprint density at radius 1 is 1.16 bits per heavy atom. The molecule has 0 amide bonds. The zero-order valence-corrected chi connectivity index (χ0v) is 25.3. The Morgan fingerprint density at radius 2 is 1.86 bits per heavy atom. The quantitative estimate of drug-likeness (QED) is 0.121. The van der Waals surface area contributed by atoms with Gasteiger partial charge >= 0.3 is 5.97 Å². The average molecular weight is 590 g/mol. The van der Waals surface area contributed by atoms with E-state index in [2.05, 4.69) is 40.9 Å². The van der Waals surface area contributed by atoms with Gasteiger partial charge in [-0.15, -0.1) is 0 Å². The number of carbonyl (C=O) groups excluding carboxylic acids is 1. The molecule has 1 unspecified atom stereocenters. The third kappa shape index (κ3) is 6.92. The second kappa shape index (κ2) is 13.7. The number of benzene rings is 2. The summed E-state index contributed by atoms with van der Waals surface area (Å²) in [6.07, 6.45) is 7.39. The van der Waals surface area contributed by atoms with E-state index in [0.717, 1.165) is 46.3 Å². The van der Waals surface area contributed by atoms with E-state index in [9.17, 15) is 9.90 Å². The number of hydrogen-bond donors (Lipinski definition) is 2. The zero-order valence-electron chi connectivity index (χ0n) is 22.8. The first-order valence-corrected chi connectivity index (χ1v) is 14.6. The molecule has 3 aromatic rings. The number of aryl methyl sites for hydroxylation is 2. The van der Waals surface area contributed by atoms with Crippen molar-refractivity contribution in [3.8, 4) is 5.75 Å². The van der Waals surface area contributed by atoms with Crippen LogP contribution >= 0.6 is 28.6 Å². The number of esters is 1. The van der Waals surface area contributed by atoms with Gasteiger partial charge in [0, 0.05) is 24.5 Å². The van der Waals surface area contributed by atoms with Gasteiger partial charge in [0.25, 0.3) is 0 Å². The van der Waals surface area contributed by atoms with E-state index in [1.54, 1.807) is 0 Å². The Hall–Kier alpha value is -1.96. The minimum absolute atomic E-state index is 0.163. The number of hydrogen-bond acceptors (Lipinski definition) is 5. The number of halogens is 1. The molecule has 0 aliphatic carbocycles. The lowest BCUT2D eigenvalue weighted by Gasteiger charge is -2.19. The number of unbranched alkanes of at least 4 members (excludes halogenated alkanes) is 5. The highest BCUT2D eigenvalue weighted by atomic mass is 79.9. The summed E-state index contributed by atoms with van der Waals surface area (Å²) in [5, 5.41) is 11.6. The maximum Gasteiger partial charge on any atom is 0.340 e. The third-order valence-electron chi connectivity index (χ3n) is 6.98. The highest BCUT2D eigenvalue weighted by Gasteiger charge is 2.30. The number of rotatable bonds is 13. The van der Waals surface area contributed by atoms with Gasteiger partial charge in [-0.1, -0.05) is 68.9 Å². The highest BCUT2D eigenvalue weighted by molar-refractivity contribution is 9.10. The molecule has 0 fully saturated rings. The van der Waals surface area contributed by atoms with E-state index in [0.29, 0.717) is 16.6 Å². The van der Waals surface area contributed by atoms with Gasteiger partial charge in [-0.05, 0) is 61.4 Å². The average Bonchev–Trinajstić information content (AvgIpc) is 3.15. The Labute approximate surface area is 235 Å². The SMILES string of the molecule is CCCCCCCCN(C)Cc1c(O)c(Br)cc2c1c(C(=O)OCC)c(C(S)c1cccc(C)c1)n2C. The number of phenolic OH excluding ortho intramolecular Hbond substituents is 1. The topological polar surface area (TPSA) is 54.7 Å². The smallest absolute Gasteiger partial charge is 0.340 e. The molecule has 0 radical (unpaired) electrons. The molecule has 202 valence electrons. The van der Waals surface area contributed by atoms with Crippen LogP contribution in [0.4, 0.5) is 0 Å². The van der Waals surface area contributed by atoms with Crippen LogP contribution in [-0.2, 0) is 18.3 Å². The van der Waals surface area contributed by atoms with Crippen LogP contribution in [0.3, 0.4) is 0 Å². The van der Waals surface area contributed by atoms with Crippen molar-refractivity contribution in [3.05, 3.63) is 62.8 Å². The molecule has 7 heteroatoms. The van der Waals surface area contributed by atoms with Crippen LogP contribution in [0.2, 0.25) is 0 Å². The fraction of sp³-hybridized carbons (Fsp3) is 0.500. The summed E-state index contributed by atoms with van der Waals surface area (Å²) < 4.78 is 8.17. The molecule has 1 aromatic heterocycles.